The van der Waals surface area contributed by atoms with E-state index in [9.17, 15) is 19.5 Å². The van der Waals surface area contributed by atoms with Gasteiger partial charge in [0.1, 0.15) is 6.04 Å². The van der Waals surface area contributed by atoms with Crippen LogP contribution in [0.1, 0.15) is 44.1 Å². The highest BCUT2D eigenvalue weighted by atomic mass is 16.4. The maximum atomic E-state index is 13.1. The number of likely N-dealkylation sites (tertiary alicyclic amines) is 2. The van der Waals surface area contributed by atoms with Crippen molar-refractivity contribution < 1.29 is 19.5 Å². The van der Waals surface area contributed by atoms with Crippen LogP contribution in [0.4, 0.5) is 0 Å². The van der Waals surface area contributed by atoms with E-state index in [0.717, 1.165) is 18.4 Å². The standard InChI is InChI=1S/C20H26N2O4/c1-2-7-18(23)22-11-6-10-17(22)19(24)21-12-15(16(13-21)20(25)26)14-8-4-3-5-9-14/h3-5,8-9,15-17H,2,6-7,10-13H2,1H3,(H,25,26). The van der Waals surface area contributed by atoms with E-state index in [1.165, 1.54) is 0 Å². The number of benzene rings is 1. The molecule has 0 bridgehead atoms. The number of hydrogen-bond acceptors (Lipinski definition) is 3. The highest BCUT2D eigenvalue weighted by Gasteiger charge is 2.44. The molecule has 2 saturated heterocycles. The highest BCUT2D eigenvalue weighted by Crippen LogP contribution is 2.34. The van der Waals surface area contributed by atoms with E-state index >= 15 is 0 Å². The van der Waals surface area contributed by atoms with E-state index in [4.69, 9.17) is 0 Å². The largest absolute Gasteiger partial charge is 0.481 e. The van der Waals surface area contributed by atoms with Gasteiger partial charge in [-0.25, -0.2) is 0 Å². The van der Waals surface area contributed by atoms with E-state index < -0.39 is 17.9 Å². The third kappa shape index (κ3) is 3.59. The zero-order valence-corrected chi connectivity index (χ0v) is 15.1. The van der Waals surface area contributed by atoms with Gasteiger partial charge in [0.15, 0.2) is 0 Å². The Balaban J connectivity index is 1.76. The maximum absolute atomic E-state index is 13.1. The first-order valence-electron chi connectivity index (χ1n) is 9.39. The van der Waals surface area contributed by atoms with Gasteiger partial charge in [-0.1, -0.05) is 37.3 Å². The van der Waals surface area contributed by atoms with Gasteiger partial charge >= 0.3 is 5.97 Å². The third-order valence-corrected chi connectivity index (χ3v) is 5.50. The first-order chi connectivity index (χ1) is 12.5. The lowest BCUT2D eigenvalue weighted by atomic mass is 9.89. The normalized spacial score (nSPS) is 25.5. The minimum Gasteiger partial charge on any atom is -0.481 e. The van der Waals surface area contributed by atoms with Crippen LogP contribution in [-0.4, -0.2) is 58.4 Å². The summed E-state index contributed by atoms with van der Waals surface area (Å²) in [6, 6.07) is 9.08. The van der Waals surface area contributed by atoms with Crippen molar-refractivity contribution in [2.75, 3.05) is 19.6 Å². The molecule has 2 aliphatic rings. The number of carbonyl (C=O) groups is 3. The predicted molar refractivity (Wildman–Crippen MR) is 96.5 cm³/mol. The molecule has 6 nitrogen and oxygen atoms in total. The lowest BCUT2D eigenvalue weighted by Gasteiger charge is -2.28. The van der Waals surface area contributed by atoms with Crippen molar-refractivity contribution in [1.82, 2.24) is 9.80 Å². The lowest BCUT2D eigenvalue weighted by Crippen LogP contribution is -2.47. The Kier molecular flexibility index (Phi) is 5.59. The molecule has 26 heavy (non-hydrogen) atoms. The van der Waals surface area contributed by atoms with Crippen LogP contribution in [0.25, 0.3) is 0 Å². The summed E-state index contributed by atoms with van der Waals surface area (Å²) in [5, 5.41) is 9.62. The second kappa shape index (κ2) is 7.89. The number of aliphatic carboxylic acids is 1. The number of carboxylic acid groups (broad SMARTS) is 1. The van der Waals surface area contributed by atoms with Crippen LogP contribution >= 0.6 is 0 Å². The lowest BCUT2D eigenvalue weighted by molar-refractivity contribution is -0.144. The molecule has 2 aliphatic heterocycles. The molecule has 3 unspecified atom stereocenters. The quantitative estimate of drug-likeness (QED) is 0.874. The van der Waals surface area contributed by atoms with Crippen molar-refractivity contribution in [3.63, 3.8) is 0 Å². The first-order valence-corrected chi connectivity index (χ1v) is 9.39. The van der Waals surface area contributed by atoms with Gasteiger partial charge in [0.05, 0.1) is 5.92 Å². The van der Waals surface area contributed by atoms with Gasteiger partial charge in [-0.3, -0.25) is 14.4 Å². The molecule has 6 heteroatoms. The van der Waals surface area contributed by atoms with Gasteiger partial charge in [0, 0.05) is 32.0 Å². The maximum Gasteiger partial charge on any atom is 0.308 e. The Hall–Kier alpha value is -2.37. The molecular formula is C20H26N2O4. The van der Waals surface area contributed by atoms with Gasteiger partial charge in [-0.15, -0.1) is 0 Å². The third-order valence-electron chi connectivity index (χ3n) is 5.50. The molecule has 2 heterocycles. The Bertz CT molecular complexity index is 676. The molecule has 0 radical (unpaired) electrons. The predicted octanol–water partition coefficient (Wildman–Crippen LogP) is 2.10. The van der Waals surface area contributed by atoms with Gasteiger partial charge < -0.3 is 14.9 Å². The second-order valence-corrected chi connectivity index (χ2v) is 7.20. The number of nitrogens with zero attached hydrogens (tertiary/aromatic N) is 2. The highest BCUT2D eigenvalue weighted by molar-refractivity contribution is 5.89. The monoisotopic (exact) mass is 358 g/mol. The fraction of sp³-hybridized carbons (Fsp3) is 0.550. The number of carboxylic acids is 1. The van der Waals surface area contributed by atoms with Crippen LogP contribution in [0.15, 0.2) is 30.3 Å². The average molecular weight is 358 g/mol. The van der Waals surface area contributed by atoms with Crippen LogP contribution in [-0.2, 0) is 14.4 Å². The van der Waals surface area contributed by atoms with E-state index in [1.54, 1.807) is 9.80 Å². The minimum atomic E-state index is -0.875. The average Bonchev–Trinajstić information content (AvgIpc) is 3.29. The molecule has 2 fully saturated rings. The summed E-state index contributed by atoms with van der Waals surface area (Å²) in [6.07, 6.45) is 2.70. The van der Waals surface area contributed by atoms with E-state index in [0.29, 0.717) is 25.9 Å². The molecule has 0 saturated carbocycles. The van der Waals surface area contributed by atoms with Crippen molar-refractivity contribution >= 4 is 17.8 Å². The smallest absolute Gasteiger partial charge is 0.308 e. The Morgan fingerprint density at radius 2 is 1.88 bits per heavy atom. The van der Waals surface area contributed by atoms with Crippen LogP contribution in [0.5, 0.6) is 0 Å². The summed E-state index contributed by atoms with van der Waals surface area (Å²) in [5.74, 6) is -1.77. The number of rotatable bonds is 5. The van der Waals surface area contributed by atoms with Crippen LogP contribution < -0.4 is 0 Å². The van der Waals surface area contributed by atoms with Crippen molar-refractivity contribution in [1.29, 1.82) is 0 Å². The molecule has 140 valence electrons. The van der Waals surface area contributed by atoms with Gasteiger partial charge in [-0.2, -0.15) is 0 Å². The van der Waals surface area contributed by atoms with Gasteiger partial charge in [0.2, 0.25) is 11.8 Å². The molecule has 1 N–H and O–H groups in total. The number of carbonyl (C=O) groups excluding carboxylic acids is 2. The van der Waals surface area contributed by atoms with Crippen LogP contribution in [0.2, 0.25) is 0 Å². The molecular weight excluding hydrogens is 332 g/mol. The molecule has 0 aromatic heterocycles. The summed E-state index contributed by atoms with van der Waals surface area (Å²) in [6.45, 7) is 3.17. The molecule has 0 aliphatic carbocycles. The summed E-state index contributed by atoms with van der Waals surface area (Å²) in [5.41, 5.74) is 0.945. The van der Waals surface area contributed by atoms with Crippen molar-refractivity contribution in [2.24, 2.45) is 5.92 Å². The topological polar surface area (TPSA) is 77.9 Å². The van der Waals surface area contributed by atoms with Gasteiger partial charge in [-0.05, 0) is 24.8 Å². The molecule has 1 aromatic carbocycles. The second-order valence-electron chi connectivity index (χ2n) is 7.20. The molecule has 3 atom stereocenters. The molecule has 2 amide bonds. The Morgan fingerprint density at radius 3 is 2.54 bits per heavy atom. The zero-order valence-electron chi connectivity index (χ0n) is 15.1. The van der Waals surface area contributed by atoms with Gasteiger partial charge in [0.25, 0.3) is 0 Å². The summed E-state index contributed by atoms with van der Waals surface area (Å²) in [7, 11) is 0. The summed E-state index contributed by atoms with van der Waals surface area (Å²) in [4.78, 5) is 40.4. The Morgan fingerprint density at radius 1 is 1.15 bits per heavy atom. The first kappa shape index (κ1) is 18.4. The number of amides is 2. The zero-order chi connectivity index (χ0) is 18.7. The van der Waals surface area contributed by atoms with Crippen LogP contribution in [0, 0.1) is 5.92 Å². The van der Waals surface area contributed by atoms with E-state index in [-0.39, 0.29) is 24.3 Å². The Labute approximate surface area is 153 Å². The fourth-order valence-electron chi connectivity index (χ4n) is 4.16. The molecule has 0 spiro atoms. The fourth-order valence-corrected chi connectivity index (χ4v) is 4.16. The molecule has 1 aromatic rings. The van der Waals surface area contributed by atoms with Crippen LogP contribution in [0.3, 0.4) is 0 Å². The summed E-state index contributed by atoms with van der Waals surface area (Å²) >= 11 is 0. The van der Waals surface area contributed by atoms with Crippen molar-refractivity contribution in [3.05, 3.63) is 35.9 Å². The van der Waals surface area contributed by atoms with Crippen molar-refractivity contribution in [3.8, 4) is 0 Å². The van der Waals surface area contributed by atoms with E-state index in [2.05, 4.69) is 0 Å². The SMILES string of the molecule is CCCC(=O)N1CCCC1C(=O)N1CC(C(=O)O)C(c2ccccc2)C1. The minimum absolute atomic E-state index is 0.0249. The summed E-state index contributed by atoms with van der Waals surface area (Å²) < 4.78 is 0. The van der Waals surface area contributed by atoms with Crippen molar-refractivity contribution in [2.45, 2.75) is 44.6 Å². The van der Waals surface area contributed by atoms with E-state index in [1.807, 2.05) is 37.3 Å². The number of hydrogen-bond donors (Lipinski definition) is 1. The molecule has 3 rings (SSSR count).